The second-order valence-corrected chi connectivity index (χ2v) is 12.1. The SMILES string of the molecule is CCOP(=O)(OCC)c1cc2c(cc1F)c(C(C)=O)cn2CC(=O)N1C[C@H](F)CC1C(=O)NCc1cccc(Cl)c1F. The molecule has 0 saturated carbocycles. The standard InChI is InChI=1S/C28H30ClF3N3O6P/c1-4-40-42(39,41-5-2)25-11-23-19(10-22(25)31)20(16(3)36)14-34(23)15-26(37)35-13-18(30)9-24(35)28(38)33-12-17-7-6-8-21(29)27(17)32/h6-8,10-11,14,18,24H,4-5,9,12-13,15H2,1-3H3,(H,33,38)/t18-,24?/m1/s1. The summed E-state index contributed by atoms with van der Waals surface area (Å²) in [6.45, 7) is 3.34. The molecule has 2 heterocycles. The summed E-state index contributed by atoms with van der Waals surface area (Å²) >= 11 is 5.79. The third kappa shape index (κ3) is 6.41. The molecular formula is C28H30ClF3N3O6P. The number of hydrogen-bond donors (Lipinski definition) is 1. The summed E-state index contributed by atoms with van der Waals surface area (Å²) in [5.74, 6) is -3.35. The third-order valence-electron chi connectivity index (χ3n) is 6.89. The van der Waals surface area contributed by atoms with Crippen molar-refractivity contribution in [3.63, 3.8) is 0 Å². The Hall–Kier alpha value is -3.18. The van der Waals surface area contributed by atoms with Crippen LogP contribution in [0.25, 0.3) is 10.9 Å². The zero-order valence-corrected chi connectivity index (χ0v) is 24.8. The average molecular weight is 628 g/mol. The van der Waals surface area contributed by atoms with E-state index < -0.39 is 55.6 Å². The van der Waals surface area contributed by atoms with Crippen molar-refractivity contribution in [3.8, 4) is 0 Å². The first-order valence-corrected chi connectivity index (χ1v) is 15.2. The maximum atomic E-state index is 15.2. The van der Waals surface area contributed by atoms with Crippen LogP contribution in [0, 0.1) is 11.6 Å². The molecular weight excluding hydrogens is 598 g/mol. The van der Waals surface area contributed by atoms with Gasteiger partial charge in [-0.1, -0.05) is 23.7 Å². The highest BCUT2D eigenvalue weighted by Crippen LogP contribution is 2.48. The highest BCUT2D eigenvalue weighted by atomic mass is 35.5. The quantitative estimate of drug-likeness (QED) is 0.239. The van der Waals surface area contributed by atoms with Crippen molar-refractivity contribution < 1.29 is 41.2 Å². The lowest BCUT2D eigenvalue weighted by Gasteiger charge is -2.24. The van der Waals surface area contributed by atoms with Gasteiger partial charge < -0.3 is 23.8 Å². The van der Waals surface area contributed by atoms with Crippen molar-refractivity contribution in [2.75, 3.05) is 19.8 Å². The van der Waals surface area contributed by atoms with Crippen LogP contribution < -0.4 is 10.6 Å². The molecule has 226 valence electrons. The maximum absolute atomic E-state index is 15.2. The van der Waals surface area contributed by atoms with Gasteiger partial charge in [0.1, 0.15) is 35.7 Å². The highest BCUT2D eigenvalue weighted by Gasteiger charge is 2.40. The predicted octanol–water partition coefficient (Wildman–Crippen LogP) is 4.92. The van der Waals surface area contributed by atoms with E-state index in [1.165, 1.54) is 42.0 Å². The maximum Gasteiger partial charge on any atom is 0.364 e. The molecule has 1 N–H and O–H groups in total. The van der Waals surface area contributed by atoms with Crippen LogP contribution in [0.1, 0.15) is 43.1 Å². The summed E-state index contributed by atoms with van der Waals surface area (Å²) in [7, 11) is -4.08. The summed E-state index contributed by atoms with van der Waals surface area (Å²) < 4.78 is 69.2. The fourth-order valence-electron chi connectivity index (χ4n) is 4.97. The highest BCUT2D eigenvalue weighted by molar-refractivity contribution is 7.62. The van der Waals surface area contributed by atoms with Crippen molar-refractivity contribution in [1.29, 1.82) is 0 Å². The number of rotatable bonds is 11. The molecule has 3 aromatic rings. The van der Waals surface area contributed by atoms with E-state index in [0.717, 1.165) is 11.0 Å². The minimum Gasteiger partial charge on any atom is -0.350 e. The molecule has 42 heavy (non-hydrogen) atoms. The summed E-state index contributed by atoms with van der Waals surface area (Å²) in [6, 6.07) is 5.39. The molecule has 9 nitrogen and oxygen atoms in total. The van der Waals surface area contributed by atoms with Gasteiger partial charge in [-0.25, -0.2) is 13.2 Å². The molecule has 1 aliphatic rings. The number of carbonyl (C=O) groups excluding carboxylic acids is 3. The molecule has 2 amide bonds. The molecule has 0 radical (unpaired) electrons. The van der Waals surface area contributed by atoms with Gasteiger partial charge >= 0.3 is 7.60 Å². The lowest BCUT2D eigenvalue weighted by molar-refractivity contribution is -0.139. The molecule has 4 rings (SSSR count). The monoisotopic (exact) mass is 627 g/mol. The van der Waals surface area contributed by atoms with Crippen molar-refractivity contribution in [3.05, 3.63) is 64.3 Å². The topological polar surface area (TPSA) is 107 Å². The lowest BCUT2D eigenvalue weighted by Crippen LogP contribution is -2.46. The normalized spacial score (nSPS) is 17.2. The van der Waals surface area contributed by atoms with Crippen LogP contribution in [0.15, 0.2) is 36.5 Å². The molecule has 14 heteroatoms. The van der Waals surface area contributed by atoms with Gasteiger partial charge in [0.15, 0.2) is 5.78 Å². The van der Waals surface area contributed by atoms with Gasteiger partial charge in [-0.3, -0.25) is 18.9 Å². The Morgan fingerprint density at radius 1 is 1.14 bits per heavy atom. The van der Waals surface area contributed by atoms with Crippen molar-refractivity contribution >= 4 is 53.0 Å². The van der Waals surface area contributed by atoms with Gasteiger partial charge in [-0.2, -0.15) is 0 Å². The van der Waals surface area contributed by atoms with E-state index in [2.05, 4.69) is 5.32 Å². The summed E-state index contributed by atoms with van der Waals surface area (Å²) in [4.78, 5) is 39.8. The average Bonchev–Trinajstić information content (AvgIpc) is 3.49. The van der Waals surface area contributed by atoms with Crippen LogP contribution in [0.3, 0.4) is 0 Å². The van der Waals surface area contributed by atoms with Crippen molar-refractivity contribution in [1.82, 2.24) is 14.8 Å². The molecule has 1 saturated heterocycles. The van der Waals surface area contributed by atoms with Crippen molar-refractivity contribution in [2.24, 2.45) is 0 Å². The van der Waals surface area contributed by atoms with E-state index in [0.29, 0.717) is 0 Å². The summed E-state index contributed by atoms with van der Waals surface area (Å²) in [6.07, 6.45) is -0.395. The van der Waals surface area contributed by atoms with Crippen LogP contribution >= 0.6 is 19.2 Å². The number of aromatic nitrogens is 1. The Morgan fingerprint density at radius 2 is 1.83 bits per heavy atom. The number of fused-ring (bicyclic) bond motifs is 1. The van der Waals surface area contributed by atoms with Crippen LogP contribution in [0.4, 0.5) is 13.2 Å². The van der Waals surface area contributed by atoms with Gasteiger partial charge in [0.25, 0.3) is 0 Å². The van der Waals surface area contributed by atoms with E-state index in [-0.39, 0.29) is 65.1 Å². The molecule has 0 aliphatic carbocycles. The number of benzene rings is 2. The zero-order valence-electron chi connectivity index (χ0n) is 23.2. The molecule has 2 aromatic carbocycles. The Bertz CT molecular complexity index is 1570. The number of halogens is 4. The predicted molar refractivity (Wildman–Crippen MR) is 151 cm³/mol. The van der Waals surface area contributed by atoms with E-state index in [4.69, 9.17) is 20.6 Å². The molecule has 1 aromatic heterocycles. The van der Waals surface area contributed by atoms with Crippen molar-refractivity contribution in [2.45, 2.75) is 52.5 Å². The number of Topliss-reactive ketones (excluding diaryl/α,β-unsaturated/α-hetero) is 1. The van der Waals surface area contributed by atoms with E-state index in [1.807, 2.05) is 0 Å². The number of alkyl halides is 1. The minimum absolute atomic E-state index is 0.0281. The molecule has 2 atom stereocenters. The second-order valence-electron chi connectivity index (χ2n) is 9.71. The Morgan fingerprint density at radius 3 is 2.48 bits per heavy atom. The molecule has 1 aliphatic heterocycles. The van der Waals surface area contributed by atoms with Gasteiger partial charge in [-0.15, -0.1) is 0 Å². The molecule has 0 spiro atoms. The fourth-order valence-corrected chi connectivity index (χ4v) is 6.80. The number of amides is 2. The second kappa shape index (κ2) is 13.0. The smallest absolute Gasteiger partial charge is 0.350 e. The van der Waals surface area contributed by atoms with Gasteiger partial charge in [0, 0.05) is 35.7 Å². The number of nitrogens with one attached hydrogen (secondary N) is 1. The van der Waals surface area contributed by atoms with Crippen LogP contribution in [0.5, 0.6) is 0 Å². The summed E-state index contributed by atoms with van der Waals surface area (Å²) in [5.41, 5.74) is 0.421. The first-order chi connectivity index (χ1) is 19.9. The fraction of sp³-hybridized carbons (Fsp3) is 0.393. The Labute approximate surface area is 245 Å². The van der Waals surface area contributed by atoms with Crippen LogP contribution in [-0.4, -0.2) is 59.0 Å². The molecule has 1 fully saturated rings. The minimum atomic E-state index is -4.08. The molecule has 0 bridgehead atoms. The first-order valence-electron chi connectivity index (χ1n) is 13.3. The van der Waals surface area contributed by atoms with E-state index in [9.17, 15) is 27.7 Å². The summed E-state index contributed by atoms with van der Waals surface area (Å²) in [5, 5.41) is 2.22. The van der Waals surface area contributed by atoms with Crippen LogP contribution in [-0.2, 0) is 36.3 Å². The van der Waals surface area contributed by atoms with Gasteiger partial charge in [-0.05, 0) is 39.0 Å². The van der Waals surface area contributed by atoms with E-state index >= 15 is 4.39 Å². The first kappa shape index (κ1) is 31.7. The van der Waals surface area contributed by atoms with Crippen LogP contribution in [0.2, 0.25) is 5.02 Å². The number of nitrogens with zero attached hydrogens (tertiary/aromatic N) is 2. The lowest BCUT2D eigenvalue weighted by atomic mass is 10.1. The Balaban J connectivity index is 1.63. The Kier molecular flexibility index (Phi) is 9.82. The third-order valence-corrected chi connectivity index (χ3v) is 9.31. The zero-order chi connectivity index (χ0) is 30.8. The largest absolute Gasteiger partial charge is 0.364 e. The van der Waals surface area contributed by atoms with E-state index in [1.54, 1.807) is 13.8 Å². The number of ketones is 1. The number of hydrogen-bond acceptors (Lipinski definition) is 6. The van der Waals surface area contributed by atoms with Gasteiger partial charge in [0.05, 0.1) is 30.3 Å². The van der Waals surface area contributed by atoms with Gasteiger partial charge in [0.2, 0.25) is 11.8 Å². The number of likely N-dealkylation sites (tertiary alicyclic amines) is 1. The number of carbonyl (C=O) groups is 3. The molecule has 1 unspecified atom stereocenters.